The lowest BCUT2D eigenvalue weighted by Crippen LogP contribution is -2.16. The normalized spacial score (nSPS) is 10.0. The van der Waals surface area contributed by atoms with Gasteiger partial charge in [-0.1, -0.05) is 30.3 Å². The van der Waals surface area contributed by atoms with Crippen molar-refractivity contribution >= 4 is 17.3 Å². The third-order valence-electron chi connectivity index (χ3n) is 3.25. The lowest BCUT2D eigenvalue weighted by atomic mass is 10.1. The van der Waals surface area contributed by atoms with Crippen molar-refractivity contribution in [3.05, 3.63) is 70.5 Å². The third-order valence-corrected chi connectivity index (χ3v) is 3.25. The van der Waals surface area contributed by atoms with Gasteiger partial charge in [-0.05, 0) is 24.3 Å². The minimum atomic E-state index is -0.487. The Kier molecular flexibility index (Phi) is 3.77. The van der Waals surface area contributed by atoms with Gasteiger partial charge in [-0.3, -0.25) is 9.78 Å². The van der Waals surface area contributed by atoms with Crippen molar-refractivity contribution < 1.29 is 0 Å². The predicted octanol–water partition coefficient (Wildman–Crippen LogP) is 2.63. The molecule has 6 heteroatoms. The summed E-state index contributed by atoms with van der Waals surface area (Å²) in [5, 5.41) is 12.2. The van der Waals surface area contributed by atoms with Crippen LogP contribution in [0.5, 0.6) is 0 Å². The maximum absolute atomic E-state index is 12.1. The van der Waals surface area contributed by atoms with Crippen LogP contribution in [0.15, 0.2) is 59.4 Å². The van der Waals surface area contributed by atoms with Gasteiger partial charge in [0.05, 0.1) is 5.69 Å². The molecule has 2 aromatic carbocycles. The van der Waals surface area contributed by atoms with Crippen LogP contribution in [0.1, 0.15) is 5.56 Å². The van der Waals surface area contributed by atoms with Gasteiger partial charge < -0.3 is 11.1 Å². The molecule has 1 heterocycles. The molecule has 112 valence electrons. The molecule has 1 aromatic heterocycles. The van der Waals surface area contributed by atoms with Gasteiger partial charge in [0, 0.05) is 16.9 Å². The zero-order chi connectivity index (χ0) is 16.2. The standard InChI is InChI=1S/C17H13N5O/c18-10-14-15(11-4-2-1-3-5-11)21-17(22-16(14)23)20-13-8-6-12(19)7-9-13/h1-9H,19H2,(H2,20,21,22,23). The average Bonchev–Trinajstić information content (AvgIpc) is 2.57. The molecule has 0 atom stereocenters. The van der Waals surface area contributed by atoms with Crippen molar-refractivity contribution in [1.82, 2.24) is 9.97 Å². The Hall–Kier alpha value is -3.59. The molecule has 0 aliphatic rings. The molecule has 0 aliphatic heterocycles. The zero-order valence-corrected chi connectivity index (χ0v) is 12.1. The number of hydrogen-bond donors (Lipinski definition) is 3. The van der Waals surface area contributed by atoms with Crippen LogP contribution in [0.2, 0.25) is 0 Å². The first-order valence-electron chi connectivity index (χ1n) is 6.90. The van der Waals surface area contributed by atoms with E-state index in [-0.39, 0.29) is 11.5 Å². The van der Waals surface area contributed by atoms with E-state index in [9.17, 15) is 10.1 Å². The van der Waals surface area contributed by atoms with Crippen molar-refractivity contribution in [2.24, 2.45) is 0 Å². The number of rotatable bonds is 3. The number of aromatic nitrogens is 2. The maximum Gasteiger partial charge on any atom is 0.270 e. The molecule has 3 rings (SSSR count). The molecular formula is C17H13N5O. The summed E-state index contributed by atoms with van der Waals surface area (Å²) in [4.78, 5) is 19.1. The van der Waals surface area contributed by atoms with Crippen LogP contribution < -0.4 is 16.6 Å². The van der Waals surface area contributed by atoms with E-state index in [1.165, 1.54) is 0 Å². The van der Waals surface area contributed by atoms with Gasteiger partial charge in [0.25, 0.3) is 5.56 Å². The van der Waals surface area contributed by atoms with Crippen molar-refractivity contribution in [1.29, 1.82) is 5.26 Å². The van der Waals surface area contributed by atoms with E-state index >= 15 is 0 Å². The molecule has 0 spiro atoms. The molecule has 0 saturated carbocycles. The fourth-order valence-electron chi connectivity index (χ4n) is 2.14. The molecular weight excluding hydrogens is 290 g/mol. The van der Waals surface area contributed by atoms with Crippen LogP contribution in [0.25, 0.3) is 11.3 Å². The second-order valence-corrected chi connectivity index (χ2v) is 4.86. The summed E-state index contributed by atoms with van der Waals surface area (Å²) in [6.45, 7) is 0. The van der Waals surface area contributed by atoms with Gasteiger partial charge in [-0.25, -0.2) is 4.98 Å². The molecule has 3 aromatic rings. The second-order valence-electron chi connectivity index (χ2n) is 4.86. The summed E-state index contributed by atoms with van der Waals surface area (Å²) in [5.74, 6) is 0.262. The first-order valence-corrected chi connectivity index (χ1v) is 6.90. The first-order chi connectivity index (χ1) is 11.2. The van der Waals surface area contributed by atoms with Crippen LogP contribution >= 0.6 is 0 Å². The molecule has 0 amide bonds. The number of hydrogen-bond acceptors (Lipinski definition) is 5. The predicted molar refractivity (Wildman–Crippen MR) is 89.1 cm³/mol. The summed E-state index contributed by atoms with van der Waals surface area (Å²) in [7, 11) is 0. The Morgan fingerprint density at radius 1 is 1.09 bits per heavy atom. The molecule has 4 N–H and O–H groups in total. The quantitative estimate of drug-likeness (QED) is 0.645. The van der Waals surface area contributed by atoms with Crippen LogP contribution in [0.4, 0.5) is 17.3 Å². The van der Waals surface area contributed by atoms with Gasteiger partial charge in [0.2, 0.25) is 5.95 Å². The van der Waals surface area contributed by atoms with Gasteiger partial charge in [0.15, 0.2) is 0 Å². The number of nitriles is 1. The van der Waals surface area contributed by atoms with Crippen molar-refractivity contribution in [3.63, 3.8) is 0 Å². The number of benzene rings is 2. The summed E-state index contributed by atoms with van der Waals surface area (Å²) in [5.41, 5.74) is 7.56. The highest BCUT2D eigenvalue weighted by molar-refractivity contribution is 5.68. The largest absolute Gasteiger partial charge is 0.399 e. The smallest absolute Gasteiger partial charge is 0.270 e. The Bertz CT molecular complexity index is 924. The lowest BCUT2D eigenvalue weighted by molar-refractivity contribution is 1.11. The van der Waals surface area contributed by atoms with Crippen LogP contribution in [0, 0.1) is 11.3 Å². The van der Waals surface area contributed by atoms with Crippen molar-refractivity contribution in [2.75, 3.05) is 11.1 Å². The highest BCUT2D eigenvalue weighted by Gasteiger charge is 2.13. The van der Waals surface area contributed by atoms with E-state index in [4.69, 9.17) is 5.73 Å². The summed E-state index contributed by atoms with van der Waals surface area (Å²) >= 11 is 0. The fourth-order valence-corrected chi connectivity index (χ4v) is 2.14. The van der Waals surface area contributed by atoms with Crippen LogP contribution in [-0.2, 0) is 0 Å². The van der Waals surface area contributed by atoms with E-state index in [0.717, 1.165) is 5.69 Å². The third kappa shape index (κ3) is 3.04. The fraction of sp³-hybridized carbons (Fsp3) is 0. The number of nitrogen functional groups attached to an aromatic ring is 1. The number of anilines is 3. The topological polar surface area (TPSA) is 108 Å². The van der Waals surface area contributed by atoms with E-state index in [0.29, 0.717) is 16.9 Å². The molecule has 6 nitrogen and oxygen atoms in total. The highest BCUT2D eigenvalue weighted by Crippen LogP contribution is 2.21. The SMILES string of the molecule is N#Cc1c(-c2ccccc2)nc(Nc2ccc(N)cc2)[nH]c1=O. The summed E-state index contributed by atoms with van der Waals surface area (Å²) < 4.78 is 0. The van der Waals surface area contributed by atoms with E-state index in [1.807, 2.05) is 24.3 Å². The monoisotopic (exact) mass is 303 g/mol. The Morgan fingerprint density at radius 2 is 1.78 bits per heavy atom. The van der Waals surface area contributed by atoms with Crippen LogP contribution in [-0.4, -0.2) is 9.97 Å². The molecule has 0 saturated heterocycles. The number of H-pyrrole nitrogens is 1. The lowest BCUT2D eigenvalue weighted by Gasteiger charge is -2.09. The van der Waals surface area contributed by atoms with Gasteiger partial charge in [0.1, 0.15) is 11.6 Å². The second kappa shape index (κ2) is 6.03. The molecule has 0 radical (unpaired) electrons. The minimum Gasteiger partial charge on any atom is -0.399 e. The molecule has 0 unspecified atom stereocenters. The Labute approximate surface area is 132 Å². The average molecular weight is 303 g/mol. The first kappa shape index (κ1) is 14.4. The Balaban J connectivity index is 2.06. The minimum absolute atomic E-state index is 0.0148. The van der Waals surface area contributed by atoms with E-state index in [1.54, 1.807) is 36.4 Å². The number of nitrogens with two attached hydrogens (primary N) is 1. The molecule has 0 fully saturated rings. The van der Waals surface area contributed by atoms with Crippen molar-refractivity contribution in [2.45, 2.75) is 0 Å². The molecule has 23 heavy (non-hydrogen) atoms. The highest BCUT2D eigenvalue weighted by atomic mass is 16.1. The molecule has 0 aliphatic carbocycles. The van der Waals surface area contributed by atoms with Crippen molar-refractivity contribution in [3.8, 4) is 17.3 Å². The van der Waals surface area contributed by atoms with E-state index < -0.39 is 5.56 Å². The number of nitrogens with zero attached hydrogens (tertiary/aromatic N) is 2. The molecule has 0 bridgehead atoms. The van der Waals surface area contributed by atoms with E-state index in [2.05, 4.69) is 15.3 Å². The summed E-state index contributed by atoms with van der Waals surface area (Å²) in [6.07, 6.45) is 0. The number of nitrogens with one attached hydrogen (secondary N) is 2. The maximum atomic E-state index is 12.1. The van der Waals surface area contributed by atoms with Gasteiger partial charge >= 0.3 is 0 Å². The van der Waals surface area contributed by atoms with Crippen LogP contribution in [0.3, 0.4) is 0 Å². The number of aromatic amines is 1. The Morgan fingerprint density at radius 3 is 2.43 bits per heavy atom. The van der Waals surface area contributed by atoms with Gasteiger partial charge in [-0.15, -0.1) is 0 Å². The van der Waals surface area contributed by atoms with Gasteiger partial charge in [-0.2, -0.15) is 5.26 Å². The zero-order valence-electron chi connectivity index (χ0n) is 12.1. The summed E-state index contributed by atoms with van der Waals surface area (Å²) in [6, 6.07) is 18.0.